The highest BCUT2D eigenvalue weighted by atomic mass is 79.9. The monoisotopic (exact) mass is 293 g/mol. The van der Waals surface area contributed by atoms with Gasteiger partial charge in [-0.1, -0.05) is 23.8 Å². The average Bonchev–Trinajstić information content (AvgIpc) is 2.60. The molecule has 0 fully saturated rings. The predicted octanol–water partition coefficient (Wildman–Crippen LogP) is 3.18. The van der Waals surface area contributed by atoms with E-state index in [1.54, 1.807) is 0 Å². The Hall–Kier alpha value is -1.13. The van der Waals surface area contributed by atoms with Gasteiger partial charge in [0, 0.05) is 12.1 Å². The lowest BCUT2D eigenvalue weighted by atomic mass is 10.0. The molecule has 2 N–H and O–H groups in total. The Morgan fingerprint density at radius 1 is 1.35 bits per heavy atom. The quantitative estimate of drug-likeness (QED) is 0.913. The Morgan fingerprint density at radius 2 is 2.12 bits per heavy atom. The minimum atomic E-state index is 0.776. The second-order valence-electron chi connectivity index (χ2n) is 4.20. The summed E-state index contributed by atoms with van der Waals surface area (Å²) in [6.45, 7) is 5.00. The van der Waals surface area contributed by atoms with E-state index in [0.717, 1.165) is 22.7 Å². The van der Waals surface area contributed by atoms with Crippen LogP contribution >= 0.6 is 15.9 Å². The second kappa shape index (κ2) is 5.02. The summed E-state index contributed by atoms with van der Waals surface area (Å²) in [5.41, 5.74) is 5.83. The maximum Gasteiger partial charge on any atom is 0.175 e. The van der Waals surface area contributed by atoms with E-state index in [1.807, 2.05) is 7.05 Å². The molecule has 0 aliphatic carbocycles. The summed E-state index contributed by atoms with van der Waals surface area (Å²) in [4.78, 5) is 7.74. The van der Waals surface area contributed by atoms with Gasteiger partial charge in [-0.05, 0) is 42.4 Å². The van der Waals surface area contributed by atoms with Crippen LogP contribution in [0.1, 0.15) is 16.8 Å². The van der Waals surface area contributed by atoms with Gasteiger partial charge in [0.05, 0.1) is 11.4 Å². The van der Waals surface area contributed by atoms with Crippen LogP contribution in [0.4, 0.5) is 0 Å². The molecule has 0 atom stereocenters. The van der Waals surface area contributed by atoms with Gasteiger partial charge in [-0.3, -0.25) is 0 Å². The fraction of sp³-hybridized carbons (Fsp3) is 0.308. The summed E-state index contributed by atoms with van der Waals surface area (Å²) in [6.07, 6.45) is 0. The molecule has 0 radical (unpaired) electrons. The highest BCUT2D eigenvalue weighted by Gasteiger charge is 2.12. The fourth-order valence-corrected chi connectivity index (χ4v) is 2.40. The number of aromatic nitrogens is 2. The van der Waals surface area contributed by atoms with Crippen LogP contribution in [0.15, 0.2) is 22.9 Å². The van der Waals surface area contributed by atoms with Crippen LogP contribution in [0.25, 0.3) is 11.3 Å². The first-order valence-corrected chi connectivity index (χ1v) is 6.37. The number of H-pyrrole nitrogens is 1. The number of hydrogen-bond acceptors (Lipinski definition) is 2. The molecule has 1 heterocycles. The SMILES string of the molecule is CNCc1[nH]c(Br)nc1-c1ccc(C)cc1C. The molecule has 0 spiro atoms. The number of halogens is 1. The molecule has 17 heavy (non-hydrogen) atoms. The maximum atomic E-state index is 4.51. The lowest BCUT2D eigenvalue weighted by molar-refractivity contribution is 0.797. The van der Waals surface area contributed by atoms with Crippen LogP contribution in [0.3, 0.4) is 0 Å². The van der Waals surface area contributed by atoms with Gasteiger partial charge in [-0.15, -0.1) is 0 Å². The molecule has 0 unspecified atom stereocenters. The van der Waals surface area contributed by atoms with Gasteiger partial charge in [-0.25, -0.2) is 4.98 Å². The first kappa shape index (κ1) is 12.3. The van der Waals surface area contributed by atoms with E-state index in [4.69, 9.17) is 0 Å². The lowest BCUT2D eigenvalue weighted by Gasteiger charge is -2.06. The van der Waals surface area contributed by atoms with Gasteiger partial charge in [-0.2, -0.15) is 0 Å². The third kappa shape index (κ3) is 2.58. The molecule has 4 heteroatoms. The van der Waals surface area contributed by atoms with E-state index in [9.17, 15) is 0 Å². The van der Waals surface area contributed by atoms with Crippen molar-refractivity contribution in [2.45, 2.75) is 20.4 Å². The molecule has 0 bridgehead atoms. The van der Waals surface area contributed by atoms with E-state index in [1.165, 1.54) is 16.7 Å². The van der Waals surface area contributed by atoms with Crippen LogP contribution in [-0.2, 0) is 6.54 Å². The summed E-state index contributed by atoms with van der Waals surface area (Å²) in [7, 11) is 1.93. The number of rotatable bonds is 3. The van der Waals surface area contributed by atoms with Gasteiger partial charge >= 0.3 is 0 Å². The summed E-state index contributed by atoms with van der Waals surface area (Å²) in [6, 6.07) is 6.43. The highest BCUT2D eigenvalue weighted by Crippen LogP contribution is 2.27. The molecule has 2 aromatic rings. The van der Waals surface area contributed by atoms with Gasteiger partial charge in [0.25, 0.3) is 0 Å². The highest BCUT2D eigenvalue weighted by molar-refractivity contribution is 9.10. The number of aryl methyl sites for hydroxylation is 2. The number of aromatic amines is 1. The molecule has 0 aliphatic heterocycles. The van der Waals surface area contributed by atoms with E-state index < -0.39 is 0 Å². The minimum Gasteiger partial charge on any atom is -0.335 e. The second-order valence-corrected chi connectivity index (χ2v) is 4.95. The van der Waals surface area contributed by atoms with Gasteiger partial charge in [0.15, 0.2) is 4.73 Å². The standard InChI is InChI=1S/C13H16BrN3/c1-8-4-5-10(9(2)6-8)12-11(7-15-3)16-13(14)17-12/h4-6,15H,7H2,1-3H3,(H,16,17). The molecule has 2 rings (SSSR count). The average molecular weight is 294 g/mol. The number of nitrogens with one attached hydrogen (secondary N) is 2. The van der Waals surface area contributed by atoms with Crippen LogP contribution in [0, 0.1) is 13.8 Å². The molecular weight excluding hydrogens is 278 g/mol. The lowest BCUT2D eigenvalue weighted by Crippen LogP contribution is -2.06. The topological polar surface area (TPSA) is 40.7 Å². The van der Waals surface area contributed by atoms with Crippen molar-refractivity contribution in [2.75, 3.05) is 7.05 Å². The number of hydrogen-bond donors (Lipinski definition) is 2. The van der Waals surface area contributed by atoms with Crippen LogP contribution in [0.5, 0.6) is 0 Å². The summed E-state index contributed by atoms with van der Waals surface area (Å²) in [5.74, 6) is 0. The smallest absolute Gasteiger partial charge is 0.175 e. The zero-order valence-electron chi connectivity index (χ0n) is 10.3. The van der Waals surface area contributed by atoms with E-state index in [0.29, 0.717) is 0 Å². The van der Waals surface area contributed by atoms with E-state index in [2.05, 4.69) is 63.3 Å². The van der Waals surface area contributed by atoms with Crippen LogP contribution in [0.2, 0.25) is 0 Å². The Morgan fingerprint density at radius 3 is 2.76 bits per heavy atom. The first-order valence-electron chi connectivity index (χ1n) is 5.58. The molecule has 1 aromatic carbocycles. The van der Waals surface area contributed by atoms with Gasteiger partial charge in [0.2, 0.25) is 0 Å². The predicted molar refractivity (Wildman–Crippen MR) is 74.0 cm³/mol. The van der Waals surface area contributed by atoms with Crippen molar-refractivity contribution >= 4 is 15.9 Å². The van der Waals surface area contributed by atoms with Crippen molar-refractivity contribution in [1.82, 2.24) is 15.3 Å². The normalized spacial score (nSPS) is 10.8. The Bertz CT molecular complexity index is 531. The van der Waals surface area contributed by atoms with Crippen molar-refractivity contribution in [3.8, 4) is 11.3 Å². The molecule has 0 amide bonds. The summed E-state index contributed by atoms with van der Waals surface area (Å²) in [5, 5.41) is 3.15. The van der Waals surface area contributed by atoms with Crippen molar-refractivity contribution < 1.29 is 0 Å². The summed E-state index contributed by atoms with van der Waals surface area (Å²) < 4.78 is 0.776. The minimum absolute atomic E-state index is 0.776. The largest absolute Gasteiger partial charge is 0.335 e. The van der Waals surface area contributed by atoms with Gasteiger partial charge in [0.1, 0.15) is 0 Å². The van der Waals surface area contributed by atoms with E-state index >= 15 is 0 Å². The van der Waals surface area contributed by atoms with Crippen molar-refractivity contribution in [1.29, 1.82) is 0 Å². The molecule has 0 saturated carbocycles. The molecule has 1 aromatic heterocycles. The third-order valence-corrected chi connectivity index (χ3v) is 3.12. The maximum absolute atomic E-state index is 4.51. The zero-order chi connectivity index (χ0) is 12.4. The van der Waals surface area contributed by atoms with Crippen LogP contribution in [-0.4, -0.2) is 17.0 Å². The van der Waals surface area contributed by atoms with Crippen LogP contribution < -0.4 is 5.32 Å². The summed E-state index contributed by atoms with van der Waals surface area (Å²) >= 11 is 3.39. The fourth-order valence-electron chi connectivity index (χ4n) is 1.98. The third-order valence-electron chi connectivity index (χ3n) is 2.74. The van der Waals surface area contributed by atoms with Crippen molar-refractivity contribution in [2.24, 2.45) is 0 Å². The van der Waals surface area contributed by atoms with E-state index in [-0.39, 0.29) is 0 Å². The molecule has 0 aliphatic rings. The van der Waals surface area contributed by atoms with Crippen molar-refractivity contribution in [3.05, 3.63) is 39.8 Å². The number of imidazole rings is 1. The number of nitrogens with zero attached hydrogens (tertiary/aromatic N) is 1. The first-order chi connectivity index (χ1) is 8.11. The van der Waals surface area contributed by atoms with Crippen molar-refractivity contribution in [3.63, 3.8) is 0 Å². The Balaban J connectivity index is 2.51. The Kier molecular flexibility index (Phi) is 3.64. The molecule has 90 valence electrons. The molecule has 0 saturated heterocycles. The zero-order valence-corrected chi connectivity index (χ0v) is 11.9. The molecule has 3 nitrogen and oxygen atoms in total. The Labute approximate surface area is 110 Å². The molecular formula is C13H16BrN3. The van der Waals surface area contributed by atoms with Gasteiger partial charge < -0.3 is 10.3 Å². The number of benzene rings is 1.